The Kier molecular flexibility index (Phi) is 17.6. The molecule has 6 saturated heterocycles. The van der Waals surface area contributed by atoms with Crippen LogP contribution in [0.2, 0.25) is 0 Å². The lowest BCUT2D eigenvalue weighted by Crippen LogP contribution is -2.38. The second kappa shape index (κ2) is 26.0. The zero-order valence-electron chi connectivity index (χ0n) is 50.5. The summed E-state index contributed by atoms with van der Waals surface area (Å²) in [4.78, 5) is 61.5. The van der Waals surface area contributed by atoms with Crippen LogP contribution >= 0.6 is 0 Å². The van der Waals surface area contributed by atoms with E-state index >= 15 is 0 Å². The van der Waals surface area contributed by atoms with Gasteiger partial charge in [-0.1, -0.05) is 6.07 Å². The van der Waals surface area contributed by atoms with Gasteiger partial charge in [0.1, 0.15) is 34.4 Å². The van der Waals surface area contributed by atoms with Crippen molar-refractivity contribution >= 4 is 17.7 Å². The summed E-state index contributed by atoms with van der Waals surface area (Å²) in [5, 5.41) is 24.2. The zero-order valence-corrected chi connectivity index (χ0v) is 50.5. The predicted molar refractivity (Wildman–Crippen MR) is 316 cm³/mol. The van der Waals surface area contributed by atoms with Crippen LogP contribution < -0.4 is 0 Å². The minimum Gasteiger partial charge on any atom is -0.332 e. The van der Waals surface area contributed by atoms with Gasteiger partial charge in [0.25, 0.3) is 17.7 Å². The number of pyridine rings is 3. The highest BCUT2D eigenvalue weighted by Crippen LogP contribution is 2.48. The summed E-state index contributed by atoms with van der Waals surface area (Å²) in [6.07, 6.45) is 6.60. The van der Waals surface area contributed by atoms with Crippen molar-refractivity contribution < 1.29 is 67.1 Å². The monoisotopic (exact) mass is 1340 g/mol. The Morgan fingerprint density at radius 2 is 0.771 bits per heavy atom. The maximum absolute atomic E-state index is 14.8. The van der Waals surface area contributed by atoms with Gasteiger partial charge in [-0.25, -0.2) is 13.2 Å². The molecular weight excluding hydrogens is 1280 g/mol. The van der Waals surface area contributed by atoms with Gasteiger partial charge in [0.2, 0.25) is 0 Å². The first kappa shape index (κ1) is 64.8. The number of aromatic nitrogens is 12. The van der Waals surface area contributed by atoms with Crippen LogP contribution in [-0.2, 0) is 37.8 Å². The Morgan fingerprint density at radius 3 is 1.18 bits per heavy atom. The van der Waals surface area contributed by atoms with Crippen molar-refractivity contribution in [3.05, 3.63) is 215 Å². The average molecular weight is 1340 g/mol. The van der Waals surface area contributed by atoms with E-state index in [0.29, 0.717) is 54.0 Å². The molecule has 6 bridgehead atoms. The van der Waals surface area contributed by atoms with Gasteiger partial charge in [-0.05, 0) is 174 Å². The van der Waals surface area contributed by atoms with Crippen LogP contribution in [0.4, 0.5) is 52.7 Å². The number of hydrogen-bond acceptors (Lipinski definition) is 12. The molecule has 0 aliphatic carbocycles. The van der Waals surface area contributed by atoms with Crippen molar-refractivity contribution in [2.24, 2.45) is 17.8 Å². The van der Waals surface area contributed by atoms with E-state index in [-0.39, 0.29) is 88.3 Å². The molecule has 498 valence electrons. The fourth-order valence-corrected chi connectivity index (χ4v) is 14.9. The molecule has 6 aliphatic heterocycles. The number of alkyl halides is 9. The number of carbonyl (C=O) groups excluding carboxylic acids is 3. The summed E-state index contributed by atoms with van der Waals surface area (Å²) in [5.41, 5.74) is 0.710. The second-order valence-corrected chi connectivity index (χ2v) is 24.7. The standard InChI is InChI=1S/3C22H19F4N5O/c23-15-2-5-20(31-28-7-8-29-31)18(11-15)21(32)30-17-4-6-19(30)13(10-17)9-16-3-1-14(12-27-16)22(24,25)26;23-15-2-5-18(20(11-15)31-28-7-8-29-31)21(32)30-17-4-6-19(30)13(10-17)9-16-3-1-14(12-27-16)22(24,25)26;23-17-2-1-3-19(31-28-8-9-29-31)20(17)21(32)30-16-6-7-18(30)13(11-16)10-15-5-4-14(12-27-15)22(24,25)26/h2*1-3,5,7-8,11-13,17,19H,4,6,9-10H2;1-5,8-9,12-13,16,18H,6-7,10-11H2. The lowest BCUT2D eigenvalue weighted by molar-refractivity contribution is -0.138. The third-order valence-electron chi connectivity index (χ3n) is 19.1. The highest BCUT2D eigenvalue weighted by Gasteiger charge is 2.52. The van der Waals surface area contributed by atoms with Gasteiger partial charge in [-0.3, -0.25) is 29.3 Å². The van der Waals surface area contributed by atoms with Crippen LogP contribution in [-0.4, -0.2) is 129 Å². The van der Waals surface area contributed by atoms with Gasteiger partial charge < -0.3 is 14.7 Å². The molecule has 6 aliphatic rings. The second-order valence-electron chi connectivity index (χ2n) is 24.7. The van der Waals surface area contributed by atoms with E-state index in [4.69, 9.17) is 0 Å². The van der Waals surface area contributed by atoms with Crippen LogP contribution in [0.15, 0.2) is 147 Å². The number of hydrogen-bond donors (Lipinski definition) is 0. The van der Waals surface area contributed by atoms with Gasteiger partial charge in [0, 0.05) is 78.0 Å². The zero-order chi connectivity index (χ0) is 67.4. The summed E-state index contributed by atoms with van der Waals surface area (Å²) in [5.74, 6) is -2.33. The van der Waals surface area contributed by atoms with Crippen LogP contribution in [0.5, 0.6) is 0 Å². The molecule has 9 aromatic rings. The van der Waals surface area contributed by atoms with Crippen molar-refractivity contribution in [1.29, 1.82) is 0 Å². The summed E-state index contributed by atoms with van der Waals surface area (Å²) in [7, 11) is 0. The van der Waals surface area contributed by atoms with E-state index in [9.17, 15) is 67.1 Å². The molecule has 6 aromatic heterocycles. The SMILES string of the molecule is O=C(c1c(F)cccc1-n1nccn1)N1C2CCC1C(Cc1ccc(C(F)(F)F)cn1)C2.O=C(c1cc(F)ccc1-n1nccn1)N1C2CCC1C(Cc1ccc(C(F)(F)F)cn1)C2.O=C(c1ccc(F)cc1-n1nccn1)N1C2CCC1C(Cc1ccc(C(F)(F)F)cn1)C2. The van der Waals surface area contributed by atoms with E-state index in [1.54, 1.807) is 15.9 Å². The lowest BCUT2D eigenvalue weighted by Gasteiger charge is -2.25. The number of nitrogens with zero attached hydrogens (tertiary/aromatic N) is 15. The van der Waals surface area contributed by atoms with Crippen molar-refractivity contribution in [3.8, 4) is 17.1 Å². The normalized spacial score (nSPS) is 22.5. The molecule has 0 spiro atoms. The van der Waals surface area contributed by atoms with E-state index in [2.05, 4.69) is 45.5 Å². The third kappa shape index (κ3) is 13.2. The molecule has 0 N–H and O–H groups in total. The van der Waals surface area contributed by atoms with Crippen LogP contribution in [0.25, 0.3) is 17.1 Å². The van der Waals surface area contributed by atoms with Crippen LogP contribution in [0.1, 0.15) is 123 Å². The summed E-state index contributed by atoms with van der Waals surface area (Å²) in [6.45, 7) is 0. The van der Waals surface area contributed by atoms with Gasteiger partial charge in [-0.2, -0.15) is 84.5 Å². The number of carbonyl (C=O) groups is 3. The van der Waals surface area contributed by atoms with Gasteiger partial charge in [0.15, 0.2) is 0 Å². The van der Waals surface area contributed by atoms with Crippen molar-refractivity contribution in [2.45, 2.75) is 132 Å². The van der Waals surface area contributed by atoms with Crippen molar-refractivity contribution in [3.63, 3.8) is 0 Å². The number of benzene rings is 3. The predicted octanol–water partition coefficient (Wildman–Crippen LogP) is 12.2. The maximum atomic E-state index is 14.8. The minimum atomic E-state index is -4.43. The molecule has 0 saturated carbocycles. The Labute approximate surface area is 539 Å². The Bertz CT molecular complexity index is 4220. The molecule has 30 heteroatoms. The average Bonchev–Trinajstić information content (AvgIpc) is 1.62. The van der Waals surface area contributed by atoms with Gasteiger partial charge in [0.05, 0.1) is 70.7 Å². The maximum Gasteiger partial charge on any atom is 0.417 e. The van der Waals surface area contributed by atoms with E-state index in [0.717, 1.165) is 88.2 Å². The first-order chi connectivity index (χ1) is 45.9. The van der Waals surface area contributed by atoms with E-state index < -0.39 is 58.6 Å². The molecule has 0 radical (unpaired) electrons. The minimum absolute atomic E-state index is 0.00801. The first-order valence-electron chi connectivity index (χ1n) is 31.0. The van der Waals surface area contributed by atoms with Crippen molar-refractivity contribution in [2.75, 3.05) is 0 Å². The quantitative estimate of drug-likeness (QED) is 0.105. The molecule has 6 fully saturated rings. The largest absolute Gasteiger partial charge is 0.417 e. The highest BCUT2D eigenvalue weighted by atomic mass is 19.4. The molecular formula is C66H57F12N15O3. The Morgan fingerprint density at radius 1 is 0.396 bits per heavy atom. The van der Waals surface area contributed by atoms with Gasteiger partial charge >= 0.3 is 18.5 Å². The Hall–Kier alpha value is -9.90. The lowest BCUT2D eigenvalue weighted by atomic mass is 9.86. The van der Waals surface area contributed by atoms with Crippen molar-refractivity contribution in [1.82, 2.24) is 74.6 Å². The fourth-order valence-electron chi connectivity index (χ4n) is 14.9. The number of rotatable bonds is 12. The summed E-state index contributed by atoms with van der Waals surface area (Å²) < 4.78 is 158. The number of fused-ring (bicyclic) bond motifs is 6. The molecule has 9 unspecified atom stereocenters. The van der Waals surface area contributed by atoms with Crippen LogP contribution in [0, 0.1) is 35.2 Å². The third-order valence-corrected chi connectivity index (χ3v) is 19.1. The molecule has 9 atom stereocenters. The fraction of sp³-hybridized carbons (Fsp3) is 0.364. The molecule has 18 nitrogen and oxygen atoms in total. The summed E-state index contributed by atoms with van der Waals surface area (Å²) >= 11 is 0. The first-order valence-corrected chi connectivity index (χ1v) is 31.0. The van der Waals surface area contributed by atoms with E-state index in [1.165, 1.54) is 118 Å². The number of halogens is 12. The molecule has 96 heavy (non-hydrogen) atoms. The topological polar surface area (TPSA) is 192 Å². The van der Waals surface area contributed by atoms with Gasteiger partial charge in [-0.15, -0.1) is 0 Å². The molecule has 15 rings (SSSR count). The highest BCUT2D eigenvalue weighted by molar-refractivity contribution is 6.00. The molecule has 3 aromatic carbocycles. The smallest absolute Gasteiger partial charge is 0.332 e. The molecule has 3 amide bonds. The van der Waals surface area contributed by atoms with E-state index in [1.807, 2.05) is 4.90 Å². The summed E-state index contributed by atoms with van der Waals surface area (Å²) in [6, 6.07) is 19.3. The Balaban J connectivity index is 0.000000130. The molecule has 12 heterocycles. The van der Waals surface area contributed by atoms with Crippen LogP contribution in [0.3, 0.4) is 0 Å². The number of amides is 3.